The lowest BCUT2D eigenvalue weighted by molar-refractivity contribution is 0.271. The first-order valence-electron chi connectivity index (χ1n) is 11.1. The Bertz CT molecular complexity index is 1150. The maximum absolute atomic E-state index is 9.58. The second-order valence-electron chi connectivity index (χ2n) is 8.21. The molecule has 0 aliphatic carbocycles. The highest BCUT2D eigenvalue weighted by atomic mass is 16.3. The highest BCUT2D eigenvalue weighted by Crippen LogP contribution is 2.23. The zero-order chi connectivity index (χ0) is 22.5. The molecule has 0 fully saturated rings. The number of hydrogen-bond donors (Lipinski definition) is 3. The average molecular weight is 431 g/mol. The lowest BCUT2D eigenvalue weighted by Crippen LogP contribution is -2.24. The largest absolute Gasteiger partial charge is 0.394 e. The van der Waals surface area contributed by atoms with E-state index in [0.29, 0.717) is 18.4 Å². The lowest BCUT2D eigenvalue weighted by atomic mass is 10.0. The Labute approximate surface area is 188 Å². The van der Waals surface area contributed by atoms with Gasteiger partial charge in [-0.3, -0.25) is 0 Å². The Morgan fingerprint density at radius 2 is 1.69 bits per heavy atom. The van der Waals surface area contributed by atoms with Crippen LogP contribution in [0.5, 0.6) is 0 Å². The molecule has 3 N–H and O–H groups in total. The Morgan fingerprint density at radius 1 is 0.969 bits per heavy atom. The fraction of sp³-hybridized carbons (Fsp3) is 0.320. The molecule has 0 bridgehead atoms. The van der Waals surface area contributed by atoms with Gasteiger partial charge in [0.15, 0.2) is 5.65 Å². The molecule has 0 radical (unpaired) electrons. The summed E-state index contributed by atoms with van der Waals surface area (Å²) in [5.41, 5.74) is 5.36. The van der Waals surface area contributed by atoms with Gasteiger partial charge in [0.05, 0.1) is 18.8 Å². The van der Waals surface area contributed by atoms with E-state index in [-0.39, 0.29) is 18.6 Å². The predicted octanol–water partition coefficient (Wildman–Crippen LogP) is 4.71. The zero-order valence-corrected chi connectivity index (χ0v) is 18.8. The summed E-state index contributed by atoms with van der Waals surface area (Å²) >= 11 is 0. The maximum Gasteiger partial charge on any atom is 0.229 e. The van der Waals surface area contributed by atoms with E-state index in [4.69, 9.17) is 0 Å². The van der Waals surface area contributed by atoms with Gasteiger partial charge < -0.3 is 15.7 Å². The molecule has 0 aliphatic heterocycles. The third-order valence-corrected chi connectivity index (χ3v) is 5.58. The fourth-order valence-corrected chi connectivity index (χ4v) is 3.57. The normalized spacial score (nSPS) is 12.3. The van der Waals surface area contributed by atoms with Gasteiger partial charge in [-0.05, 0) is 29.0 Å². The standard InChI is InChI=1S/C25H30N6O/c1-4-21(16-32)28-24-29-23-22(17(2)3)15-27-31(23)25(30-24)26-14-18-10-12-20(13-11-18)19-8-6-5-7-9-19/h5-13,15,17,21,32H,4,14,16H2,1-3H3,(H2,26,28,29,30). The number of aromatic nitrogens is 4. The number of aliphatic hydroxyl groups excluding tert-OH is 1. The van der Waals surface area contributed by atoms with Crippen LogP contribution in [0.25, 0.3) is 16.8 Å². The van der Waals surface area contributed by atoms with Gasteiger partial charge in [-0.15, -0.1) is 0 Å². The maximum atomic E-state index is 9.58. The molecule has 7 nitrogen and oxygen atoms in total. The number of anilines is 2. The molecule has 0 saturated carbocycles. The molecule has 2 aromatic heterocycles. The van der Waals surface area contributed by atoms with Crippen molar-refractivity contribution in [2.45, 2.75) is 45.7 Å². The third-order valence-electron chi connectivity index (χ3n) is 5.58. The summed E-state index contributed by atoms with van der Waals surface area (Å²) < 4.78 is 1.75. The number of aliphatic hydroxyl groups is 1. The monoisotopic (exact) mass is 430 g/mol. The molecule has 4 rings (SSSR count). The molecule has 2 aromatic carbocycles. The molecule has 2 heterocycles. The summed E-state index contributed by atoms with van der Waals surface area (Å²) in [5, 5.41) is 20.7. The van der Waals surface area contributed by atoms with E-state index in [0.717, 1.165) is 23.2 Å². The molecule has 0 saturated heterocycles. The van der Waals surface area contributed by atoms with Crippen molar-refractivity contribution in [2.24, 2.45) is 0 Å². The van der Waals surface area contributed by atoms with Gasteiger partial charge in [-0.25, -0.2) is 0 Å². The predicted molar refractivity (Wildman–Crippen MR) is 129 cm³/mol. The van der Waals surface area contributed by atoms with Crippen molar-refractivity contribution in [3.05, 3.63) is 71.9 Å². The van der Waals surface area contributed by atoms with Crippen LogP contribution >= 0.6 is 0 Å². The van der Waals surface area contributed by atoms with Crippen molar-refractivity contribution in [2.75, 3.05) is 17.2 Å². The van der Waals surface area contributed by atoms with Crippen molar-refractivity contribution >= 4 is 17.5 Å². The number of fused-ring (bicyclic) bond motifs is 1. The van der Waals surface area contributed by atoms with Crippen molar-refractivity contribution in [3.63, 3.8) is 0 Å². The van der Waals surface area contributed by atoms with E-state index >= 15 is 0 Å². The Balaban J connectivity index is 1.58. The van der Waals surface area contributed by atoms with E-state index in [9.17, 15) is 5.11 Å². The number of hydrogen-bond acceptors (Lipinski definition) is 6. The molecule has 0 amide bonds. The summed E-state index contributed by atoms with van der Waals surface area (Å²) in [7, 11) is 0. The van der Waals surface area contributed by atoms with Crippen LogP contribution in [0.2, 0.25) is 0 Å². The summed E-state index contributed by atoms with van der Waals surface area (Å²) in [4.78, 5) is 9.33. The molecule has 4 aromatic rings. The lowest BCUT2D eigenvalue weighted by Gasteiger charge is -2.16. The summed E-state index contributed by atoms with van der Waals surface area (Å²) in [6, 6.07) is 18.7. The van der Waals surface area contributed by atoms with E-state index < -0.39 is 0 Å². The van der Waals surface area contributed by atoms with Gasteiger partial charge in [0.1, 0.15) is 0 Å². The molecule has 166 valence electrons. The number of rotatable bonds is 9. The molecule has 1 unspecified atom stereocenters. The average Bonchev–Trinajstić information content (AvgIpc) is 3.26. The smallest absolute Gasteiger partial charge is 0.229 e. The van der Waals surface area contributed by atoms with Crippen LogP contribution in [0.3, 0.4) is 0 Å². The third kappa shape index (κ3) is 4.73. The van der Waals surface area contributed by atoms with Gasteiger partial charge in [0, 0.05) is 12.1 Å². The molecule has 7 heteroatoms. The molecular formula is C25H30N6O. The van der Waals surface area contributed by atoms with Gasteiger partial charge >= 0.3 is 0 Å². The fourth-order valence-electron chi connectivity index (χ4n) is 3.57. The first-order valence-corrected chi connectivity index (χ1v) is 11.1. The van der Waals surface area contributed by atoms with Crippen molar-refractivity contribution in [3.8, 4) is 11.1 Å². The minimum Gasteiger partial charge on any atom is -0.394 e. The summed E-state index contributed by atoms with van der Waals surface area (Å²) in [5.74, 6) is 1.39. The quantitative estimate of drug-likeness (QED) is 0.356. The van der Waals surface area contributed by atoms with Crippen LogP contribution < -0.4 is 10.6 Å². The number of benzene rings is 2. The van der Waals surface area contributed by atoms with E-state index in [1.165, 1.54) is 11.1 Å². The van der Waals surface area contributed by atoms with Crippen LogP contribution in [0, 0.1) is 0 Å². The molecule has 1 atom stereocenters. The SMILES string of the molecule is CCC(CO)Nc1nc(NCc2ccc(-c3ccccc3)cc2)n2ncc(C(C)C)c2n1. The minimum atomic E-state index is -0.0961. The van der Waals surface area contributed by atoms with Crippen molar-refractivity contribution in [1.29, 1.82) is 0 Å². The summed E-state index contributed by atoms with van der Waals surface area (Å²) in [6.07, 6.45) is 2.62. The van der Waals surface area contributed by atoms with Crippen LogP contribution in [0.4, 0.5) is 11.9 Å². The topological polar surface area (TPSA) is 87.4 Å². The van der Waals surface area contributed by atoms with Crippen LogP contribution in [0.1, 0.15) is 44.2 Å². The van der Waals surface area contributed by atoms with Gasteiger partial charge in [-0.2, -0.15) is 19.6 Å². The first kappa shape index (κ1) is 21.8. The minimum absolute atomic E-state index is 0.0257. The zero-order valence-electron chi connectivity index (χ0n) is 18.8. The summed E-state index contributed by atoms with van der Waals surface area (Å²) in [6.45, 7) is 6.89. The second-order valence-corrected chi connectivity index (χ2v) is 8.21. The van der Waals surface area contributed by atoms with Crippen LogP contribution in [-0.4, -0.2) is 37.3 Å². The van der Waals surface area contributed by atoms with Gasteiger partial charge in [0.25, 0.3) is 0 Å². The van der Waals surface area contributed by atoms with E-state index in [1.54, 1.807) is 4.52 Å². The van der Waals surface area contributed by atoms with Gasteiger partial charge in [-0.1, -0.05) is 75.4 Å². The van der Waals surface area contributed by atoms with Crippen LogP contribution in [-0.2, 0) is 6.54 Å². The second kappa shape index (κ2) is 9.78. The Hall–Kier alpha value is -3.45. The first-order chi connectivity index (χ1) is 15.6. The van der Waals surface area contributed by atoms with E-state index in [2.05, 4.69) is 75.9 Å². The van der Waals surface area contributed by atoms with Crippen molar-refractivity contribution in [1.82, 2.24) is 19.6 Å². The van der Waals surface area contributed by atoms with Crippen LogP contribution in [0.15, 0.2) is 60.8 Å². The highest BCUT2D eigenvalue weighted by Gasteiger charge is 2.16. The molecule has 32 heavy (non-hydrogen) atoms. The Morgan fingerprint density at radius 3 is 2.34 bits per heavy atom. The number of nitrogens with zero attached hydrogens (tertiary/aromatic N) is 4. The number of nitrogens with one attached hydrogen (secondary N) is 2. The highest BCUT2D eigenvalue weighted by molar-refractivity contribution is 5.63. The Kier molecular flexibility index (Phi) is 6.66. The van der Waals surface area contributed by atoms with E-state index in [1.807, 2.05) is 31.3 Å². The van der Waals surface area contributed by atoms with Gasteiger partial charge in [0.2, 0.25) is 11.9 Å². The van der Waals surface area contributed by atoms with Crippen molar-refractivity contribution < 1.29 is 5.11 Å². The molecule has 0 aliphatic rings. The molecular weight excluding hydrogens is 400 g/mol. The molecule has 0 spiro atoms.